The fraction of sp³-hybridized carbons (Fsp3) is 0. The molecule has 0 amide bonds. The van der Waals surface area contributed by atoms with E-state index in [1.165, 1.54) is 24.3 Å². The van der Waals surface area contributed by atoms with E-state index in [1.54, 1.807) is 60.7 Å². The van der Waals surface area contributed by atoms with E-state index in [-0.39, 0.29) is 22.4 Å². The largest absolute Gasteiger partial charge is 0.507 e. The minimum atomic E-state index is -1.11. The van der Waals surface area contributed by atoms with Gasteiger partial charge in [0.1, 0.15) is 11.3 Å². The number of hydrogen-bond acceptors (Lipinski definition) is 4. The lowest BCUT2D eigenvalue weighted by Gasteiger charge is -2.16. The summed E-state index contributed by atoms with van der Waals surface area (Å²) in [4.78, 5) is 33.7. The van der Waals surface area contributed by atoms with Gasteiger partial charge >= 0.3 is 17.9 Å². The number of para-hydroxylation sites is 1. The third-order valence-corrected chi connectivity index (χ3v) is 4.93. The SMILES string of the molecule is O=C(O)c1ccc(C(=O)O)c(-c2ccccc2)c1-c1ccccc1.O=C(O)c1ccccc1O. The molecule has 4 aromatic carbocycles. The quantitative estimate of drug-likeness (QED) is 0.311. The van der Waals surface area contributed by atoms with Crippen LogP contribution in [0.4, 0.5) is 0 Å². The normalized spacial score (nSPS) is 10.0. The minimum absolute atomic E-state index is 0.0671. The van der Waals surface area contributed by atoms with E-state index >= 15 is 0 Å². The first kappa shape index (κ1) is 23.7. The second-order valence-corrected chi connectivity index (χ2v) is 7.08. The lowest BCUT2D eigenvalue weighted by Crippen LogP contribution is -2.07. The summed E-state index contributed by atoms with van der Waals surface area (Å²) < 4.78 is 0. The summed E-state index contributed by atoms with van der Waals surface area (Å²) in [6.07, 6.45) is 0. The highest BCUT2D eigenvalue weighted by Crippen LogP contribution is 2.38. The van der Waals surface area contributed by atoms with Crippen LogP contribution < -0.4 is 0 Å². The molecule has 0 atom stereocenters. The molecule has 4 aromatic rings. The molecular weight excluding hydrogens is 436 g/mol. The molecule has 34 heavy (non-hydrogen) atoms. The fourth-order valence-corrected chi connectivity index (χ4v) is 3.42. The smallest absolute Gasteiger partial charge is 0.339 e. The molecule has 0 aliphatic carbocycles. The Labute approximate surface area is 194 Å². The Hall–Kier alpha value is -4.91. The van der Waals surface area contributed by atoms with Gasteiger partial charge in [0.05, 0.1) is 11.1 Å². The number of aromatic carboxylic acids is 3. The topological polar surface area (TPSA) is 132 Å². The number of hydrogen-bond donors (Lipinski definition) is 4. The highest BCUT2D eigenvalue weighted by atomic mass is 16.4. The van der Waals surface area contributed by atoms with Gasteiger partial charge in [-0.1, -0.05) is 72.8 Å². The average molecular weight is 456 g/mol. The molecule has 7 heteroatoms. The maximum atomic E-state index is 11.7. The number of benzene rings is 4. The second-order valence-electron chi connectivity index (χ2n) is 7.08. The van der Waals surface area contributed by atoms with Crippen molar-refractivity contribution in [2.45, 2.75) is 0 Å². The Morgan fingerprint density at radius 2 is 0.794 bits per heavy atom. The number of carboxylic acid groups (broad SMARTS) is 3. The van der Waals surface area contributed by atoms with Crippen molar-refractivity contribution in [1.29, 1.82) is 0 Å². The minimum Gasteiger partial charge on any atom is -0.507 e. The van der Waals surface area contributed by atoms with E-state index < -0.39 is 17.9 Å². The van der Waals surface area contributed by atoms with Crippen molar-refractivity contribution in [3.8, 4) is 28.0 Å². The maximum Gasteiger partial charge on any atom is 0.339 e. The first-order chi connectivity index (χ1) is 16.3. The molecular formula is C27H20O7. The van der Waals surface area contributed by atoms with E-state index in [2.05, 4.69) is 0 Å². The van der Waals surface area contributed by atoms with Gasteiger partial charge in [-0.3, -0.25) is 0 Å². The van der Waals surface area contributed by atoms with Crippen LogP contribution in [0.1, 0.15) is 31.1 Å². The molecule has 0 saturated carbocycles. The Kier molecular flexibility index (Phi) is 7.41. The van der Waals surface area contributed by atoms with E-state index in [0.717, 1.165) is 0 Å². The molecule has 4 N–H and O–H groups in total. The molecule has 0 fully saturated rings. The molecule has 170 valence electrons. The van der Waals surface area contributed by atoms with Crippen LogP contribution in [0, 0.1) is 0 Å². The van der Waals surface area contributed by atoms with Gasteiger partial charge in [-0.2, -0.15) is 0 Å². The van der Waals surface area contributed by atoms with E-state index in [9.17, 15) is 24.6 Å². The Morgan fingerprint density at radius 3 is 1.12 bits per heavy atom. The van der Waals surface area contributed by atoms with Crippen molar-refractivity contribution in [2.75, 3.05) is 0 Å². The molecule has 0 aromatic heterocycles. The molecule has 0 heterocycles. The van der Waals surface area contributed by atoms with Crippen molar-refractivity contribution in [1.82, 2.24) is 0 Å². The average Bonchev–Trinajstić information content (AvgIpc) is 2.84. The van der Waals surface area contributed by atoms with E-state index in [4.69, 9.17) is 10.2 Å². The molecule has 0 aliphatic rings. The lowest BCUT2D eigenvalue weighted by atomic mass is 9.87. The molecule has 4 rings (SSSR count). The summed E-state index contributed by atoms with van der Waals surface area (Å²) >= 11 is 0. The van der Waals surface area contributed by atoms with Crippen LogP contribution in [0.15, 0.2) is 97.1 Å². The summed E-state index contributed by atoms with van der Waals surface area (Å²) in [5.74, 6) is -3.50. The molecule has 0 spiro atoms. The van der Waals surface area contributed by atoms with Gasteiger partial charge in [0.2, 0.25) is 0 Å². The summed E-state index contributed by atoms with van der Waals surface area (Å²) in [5.41, 5.74) is 2.23. The zero-order valence-electron chi connectivity index (χ0n) is 17.8. The molecule has 0 radical (unpaired) electrons. The van der Waals surface area contributed by atoms with Gasteiger partial charge < -0.3 is 20.4 Å². The Morgan fingerprint density at radius 1 is 0.441 bits per heavy atom. The van der Waals surface area contributed by atoms with Crippen molar-refractivity contribution >= 4 is 17.9 Å². The van der Waals surface area contributed by atoms with Gasteiger partial charge in [-0.05, 0) is 35.4 Å². The Balaban J connectivity index is 0.000000271. The molecule has 0 saturated heterocycles. The van der Waals surface area contributed by atoms with Gasteiger partial charge in [0, 0.05) is 11.1 Å². The van der Waals surface area contributed by atoms with Crippen LogP contribution in [-0.4, -0.2) is 38.3 Å². The van der Waals surface area contributed by atoms with Gasteiger partial charge in [-0.15, -0.1) is 0 Å². The predicted molar refractivity (Wildman–Crippen MR) is 126 cm³/mol. The van der Waals surface area contributed by atoms with Crippen LogP contribution in [0.25, 0.3) is 22.3 Å². The first-order valence-corrected chi connectivity index (χ1v) is 10.1. The van der Waals surface area contributed by atoms with Crippen LogP contribution in [0.2, 0.25) is 0 Å². The van der Waals surface area contributed by atoms with Crippen LogP contribution >= 0.6 is 0 Å². The van der Waals surface area contributed by atoms with Gasteiger partial charge in [-0.25, -0.2) is 14.4 Å². The number of rotatable bonds is 5. The molecule has 0 aliphatic heterocycles. The van der Waals surface area contributed by atoms with Crippen LogP contribution in [-0.2, 0) is 0 Å². The zero-order valence-corrected chi connectivity index (χ0v) is 17.8. The van der Waals surface area contributed by atoms with Crippen molar-refractivity contribution < 1.29 is 34.8 Å². The highest BCUT2D eigenvalue weighted by molar-refractivity contribution is 6.07. The first-order valence-electron chi connectivity index (χ1n) is 10.1. The highest BCUT2D eigenvalue weighted by Gasteiger charge is 2.23. The monoisotopic (exact) mass is 456 g/mol. The predicted octanol–water partition coefficient (Wildman–Crippen LogP) is 5.51. The third-order valence-electron chi connectivity index (χ3n) is 4.93. The third kappa shape index (κ3) is 5.28. The number of carboxylic acids is 3. The van der Waals surface area contributed by atoms with Crippen LogP contribution in [0.5, 0.6) is 5.75 Å². The molecule has 0 unspecified atom stereocenters. The van der Waals surface area contributed by atoms with Gasteiger partial charge in [0.25, 0.3) is 0 Å². The van der Waals surface area contributed by atoms with E-state index in [1.807, 2.05) is 12.1 Å². The second kappa shape index (κ2) is 10.6. The lowest BCUT2D eigenvalue weighted by molar-refractivity contribution is 0.0682. The van der Waals surface area contributed by atoms with Gasteiger partial charge in [0.15, 0.2) is 0 Å². The number of aromatic hydroxyl groups is 1. The standard InChI is InChI=1S/C20H14O4.C7H6O3/c21-19(22)15-11-12-16(20(23)24)18(14-9-5-2-6-10-14)17(15)13-7-3-1-4-8-13;8-6-4-2-1-3-5(6)7(9)10/h1-12H,(H,21,22)(H,23,24);1-4,8H,(H,9,10). The van der Waals surface area contributed by atoms with Crippen molar-refractivity contribution in [3.63, 3.8) is 0 Å². The number of carbonyl (C=O) groups is 3. The number of phenols is 1. The fourth-order valence-electron chi connectivity index (χ4n) is 3.42. The van der Waals surface area contributed by atoms with Crippen LogP contribution in [0.3, 0.4) is 0 Å². The molecule has 0 bridgehead atoms. The summed E-state index contributed by atoms with van der Waals surface area (Å²) in [7, 11) is 0. The van der Waals surface area contributed by atoms with Crippen molar-refractivity contribution in [2.24, 2.45) is 0 Å². The zero-order chi connectivity index (χ0) is 24.7. The Bertz CT molecular complexity index is 1250. The maximum absolute atomic E-state index is 11.7. The van der Waals surface area contributed by atoms with E-state index in [0.29, 0.717) is 22.3 Å². The summed E-state index contributed by atoms with van der Waals surface area (Å²) in [5, 5.41) is 36.5. The van der Waals surface area contributed by atoms with Crippen molar-refractivity contribution in [3.05, 3.63) is 114 Å². The summed E-state index contributed by atoms with van der Waals surface area (Å²) in [6, 6.07) is 26.5. The molecule has 7 nitrogen and oxygen atoms in total. The summed E-state index contributed by atoms with van der Waals surface area (Å²) in [6.45, 7) is 0.